The van der Waals surface area contributed by atoms with Crippen LogP contribution in [0, 0.1) is 0 Å². The molecule has 0 unspecified atom stereocenters. The Bertz CT molecular complexity index is 1100. The van der Waals surface area contributed by atoms with Gasteiger partial charge in [0.05, 0.1) is 11.1 Å². The van der Waals surface area contributed by atoms with Gasteiger partial charge in [-0.05, 0) is 53.6 Å². The molecule has 0 aliphatic rings. The molecule has 0 heterocycles. The first kappa shape index (κ1) is 20.3. The molecule has 0 spiro atoms. The number of rotatable bonds is 7. The zero-order valence-electron chi connectivity index (χ0n) is 14.7. The molecule has 1 N–H and O–H groups in total. The normalized spacial score (nSPS) is 11.5. The number of ether oxygens (including phenoxy) is 1. The third-order valence-electron chi connectivity index (χ3n) is 3.68. The summed E-state index contributed by atoms with van der Waals surface area (Å²) >= 11 is 11.9. The average Bonchev–Trinajstić information content (AvgIpc) is 2.65. The van der Waals surface area contributed by atoms with E-state index in [-0.39, 0.29) is 0 Å². The van der Waals surface area contributed by atoms with Crippen molar-refractivity contribution in [3.8, 4) is 5.75 Å². The van der Waals surface area contributed by atoms with Crippen LogP contribution in [-0.2, 0) is 16.6 Å². The van der Waals surface area contributed by atoms with Crippen LogP contribution in [0.4, 0.5) is 5.69 Å². The molecule has 0 saturated heterocycles. The highest BCUT2D eigenvalue weighted by atomic mass is 35.5. The van der Waals surface area contributed by atoms with Crippen LogP contribution >= 0.6 is 23.2 Å². The summed E-state index contributed by atoms with van der Waals surface area (Å²) in [7, 11) is -3.68. The van der Waals surface area contributed by atoms with Gasteiger partial charge in [0.2, 0.25) is 0 Å². The first-order chi connectivity index (χ1) is 13.4. The smallest absolute Gasteiger partial charge is 0.255 e. The van der Waals surface area contributed by atoms with E-state index in [0.29, 0.717) is 33.7 Å². The summed E-state index contributed by atoms with van der Waals surface area (Å²) in [6, 6.07) is 21.0. The molecule has 0 saturated carbocycles. The molecule has 3 rings (SSSR count). The summed E-state index contributed by atoms with van der Waals surface area (Å²) in [5.74, 6) is 0.541. The van der Waals surface area contributed by atoms with Gasteiger partial charge in [0.1, 0.15) is 12.4 Å². The van der Waals surface area contributed by atoms with Gasteiger partial charge in [-0.25, -0.2) is 8.42 Å². The van der Waals surface area contributed by atoms with E-state index in [1.165, 1.54) is 6.08 Å². The van der Waals surface area contributed by atoms with Crippen LogP contribution in [0.2, 0.25) is 10.0 Å². The van der Waals surface area contributed by atoms with E-state index < -0.39 is 10.0 Å². The van der Waals surface area contributed by atoms with Crippen molar-refractivity contribution < 1.29 is 13.2 Å². The monoisotopic (exact) mass is 433 g/mol. The lowest BCUT2D eigenvalue weighted by Crippen LogP contribution is -2.08. The molecule has 0 aromatic heterocycles. The van der Waals surface area contributed by atoms with Gasteiger partial charge in [0.15, 0.2) is 0 Å². The van der Waals surface area contributed by atoms with Crippen molar-refractivity contribution in [3.05, 3.63) is 99.4 Å². The Morgan fingerprint density at radius 3 is 2.36 bits per heavy atom. The van der Waals surface area contributed by atoms with Gasteiger partial charge in [-0.1, -0.05) is 53.5 Å². The third kappa shape index (κ3) is 6.30. The van der Waals surface area contributed by atoms with E-state index in [4.69, 9.17) is 27.9 Å². The highest BCUT2D eigenvalue weighted by Crippen LogP contribution is 2.21. The van der Waals surface area contributed by atoms with Crippen molar-refractivity contribution in [2.24, 2.45) is 0 Å². The van der Waals surface area contributed by atoms with Crippen molar-refractivity contribution in [3.63, 3.8) is 0 Å². The molecule has 4 nitrogen and oxygen atoms in total. The number of sulfonamides is 1. The third-order valence-corrected chi connectivity index (χ3v) is 5.16. The minimum atomic E-state index is -3.68. The summed E-state index contributed by atoms with van der Waals surface area (Å²) in [5, 5.41) is 2.27. The maximum atomic E-state index is 12.3. The largest absolute Gasteiger partial charge is 0.489 e. The highest BCUT2D eigenvalue weighted by molar-refractivity contribution is 7.95. The SMILES string of the molecule is O=S(=O)(C=Cc1cccc(Cl)c1)Nc1cccc(OCc2cccc(Cl)c2)c1. The summed E-state index contributed by atoms with van der Waals surface area (Å²) in [6.07, 6.45) is 1.48. The Hall–Kier alpha value is -2.47. The quantitative estimate of drug-likeness (QED) is 0.497. The lowest BCUT2D eigenvalue weighted by atomic mass is 10.2. The zero-order valence-corrected chi connectivity index (χ0v) is 17.0. The Morgan fingerprint density at radius 2 is 1.61 bits per heavy atom. The number of halogens is 2. The molecule has 0 fully saturated rings. The number of nitrogens with one attached hydrogen (secondary N) is 1. The second-order valence-electron chi connectivity index (χ2n) is 5.95. The summed E-state index contributed by atoms with van der Waals surface area (Å²) in [5.41, 5.74) is 2.01. The fourth-order valence-corrected chi connectivity index (χ4v) is 3.69. The fourth-order valence-electron chi connectivity index (χ4n) is 2.42. The Labute approximate surface area is 174 Å². The lowest BCUT2D eigenvalue weighted by Gasteiger charge is -2.09. The van der Waals surface area contributed by atoms with Gasteiger partial charge in [0, 0.05) is 16.1 Å². The highest BCUT2D eigenvalue weighted by Gasteiger charge is 2.07. The number of hydrogen-bond acceptors (Lipinski definition) is 3. The van der Waals surface area contributed by atoms with Crippen molar-refractivity contribution in [1.29, 1.82) is 0 Å². The fraction of sp³-hybridized carbons (Fsp3) is 0.0476. The molecule has 28 heavy (non-hydrogen) atoms. The molecule has 7 heteroatoms. The number of anilines is 1. The predicted octanol–water partition coefficient (Wildman–Crippen LogP) is 5.99. The molecule has 0 aliphatic heterocycles. The topological polar surface area (TPSA) is 55.4 Å². The molecule has 0 bridgehead atoms. The molecular weight excluding hydrogens is 417 g/mol. The van der Waals surface area contributed by atoms with E-state index in [1.807, 2.05) is 18.2 Å². The van der Waals surface area contributed by atoms with Gasteiger partial charge in [-0.15, -0.1) is 0 Å². The maximum absolute atomic E-state index is 12.3. The van der Waals surface area contributed by atoms with E-state index in [0.717, 1.165) is 11.0 Å². The van der Waals surface area contributed by atoms with E-state index >= 15 is 0 Å². The van der Waals surface area contributed by atoms with Gasteiger partial charge >= 0.3 is 0 Å². The van der Waals surface area contributed by atoms with Crippen molar-refractivity contribution in [2.45, 2.75) is 6.61 Å². The predicted molar refractivity (Wildman–Crippen MR) is 115 cm³/mol. The van der Waals surface area contributed by atoms with Crippen LogP contribution < -0.4 is 9.46 Å². The van der Waals surface area contributed by atoms with Crippen LogP contribution in [-0.4, -0.2) is 8.42 Å². The summed E-state index contributed by atoms with van der Waals surface area (Å²) < 4.78 is 32.8. The molecule has 0 radical (unpaired) electrons. The zero-order chi connectivity index (χ0) is 20.0. The Balaban J connectivity index is 1.66. The van der Waals surface area contributed by atoms with E-state index in [9.17, 15) is 8.42 Å². The Kier molecular flexibility index (Phi) is 6.62. The van der Waals surface area contributed by atoms with Gasteiger partial charge in [-0.3, -0.25) is 4.72 Å². The van der Waals surface area contributed by atoms with Crippen molar-refractivity contribution in [2.75, 3.05) is 4.72 Å². The molecule has 3 aromatic carbocycles. The van der Waals surface area contributed by atoms with Crippen molar-refractivity contribution in [1.82, 2.24) is 0 Å². The van der Waals surface area contributed by atoms with E-state index in [2.05, 4.69) is 4.72 Å². The molecule has 0 atom stereocenters. The first-order valence-corrected chi connectivity index (χ1v) is 10.6. The van der Waals surface area contributed by atoms with Crippen molar-refractivity contribution >= 4 is 45.0 Å². The van der Waals surface area contributed by atoms with Crippen LogP contribution in [0.3, 0.4) is 0 Å². The minimum Gasteiger partial charge on any atom is -0.489 e. The maximum Gasteiger partial charge on any atom is 0.255 e. The van der Waals surface area contributed by atoms with Gasteiger partial charge in [-0.2, -0.15) is 0 Å². The molecular formula is C21H17Cl2NO3S. The van der Waals surface area contributed by atoms with Crippen LogP contribution in [0.15, 0.2) is 78.2 Å². The molecule has 3 aromatic rings. The molecule has 0 aliphatic carbocycles. The second kappa shape index (κ2) is 9.15. The van der Waals surface area contributed by atoms with Crippen LogP contribution in [0.5, 0.6) is 5.75 Å². The van der Waals surface area contributed by atoms with Gasteiger partial charge in [0.25, 0.3) is 10.0 Å². The number of hydrogen-bond donors (Lipinski definition) is 1. The Morgan fingerprint density at radius 1 is 0.893 bits per heavy atom. The first-order valence-electron chi connectivity index (χ1n) is 8.33. The second-order valence-corrected chi connectivity index (χ2v) is 8.39. The minimum absolute atomic E-state index is 0.325. The summed E-state index contributed by atoms with van der Waals surface area (Å²) in [6.45, 7) is 0.325. The summed E-state index contributed by atoms with van der Waals surface area (Å²) in [4.78, 5) is 0. The average molecular weight is 434 g/mol. The standard InChI is InChI=1S/C21H17Cl2NO3S/c22-18-6-1-4-16(12-18)10-11-28(25,26)24-20-8-3-9-21(14-20)27-15-17-5-2-7-19(23)13-17/h1-14,24H,15H2. The molecule has 0 amide bonds. The number of benzene rings is 3. The van der Waals surface area contributed by atoms with E-state index in [1.54, 1.807) is 54.6 Å². The van der Waals surface area contributed by atoms with Crippen LogP contribution in [0.25, 0.3) is 6.08 Å². The molecule has 144 valence electrons. The lowest BCUT2D eigenvalue weighted by molar-refractivity contribution is 0.306. The van der Waals surface area contributed by atoms with Crippen LogP contribution in [0.1, 0.15) is 11.1 Å². The van der Waals surface area contributed by atoms with Gasteiger partial charge < -0.3 is 4.74 Å².